The van der Waals surface area contributed by atoms with Crippen molar-refractivity contribution in [1.82, 2.24) is 9.80 Å². The number of fused-ring (bicyclic) bond motifs is 1. The summed E-state index contributed by atoms with van der Waals surface area (Å²) in [5.74, 6) is 2.17. The van der Waals surface area contributed by atoms with Gasteiger partial charge in [0.25, 0.3) is 0 Å². The highest BCUT2D eigenvalue weighted by atomic mass is 15.3. The number of hydrogen-bond donors (Lipinski definition) is 1. The average Bonchev–Trinajstić information content (AvgIpc) is 2.66. The largest absolute Gasteiger partial charge is 0.329 e. The number of nitrogens with two attached hydrogens (primary N) is 1. The Hall–Kier alpha value is -0.120. The maximum absolute atomic E-state index is 5.51. The van der Waals surface area contributed by atoms with Crippen molar-refractivity contribution in [3.63, 3.8) is 0 Å². The van der Waals surface area contributed by atoms with Crippen molar-refractivity contribution in [1.29, 1.82) is 0 Å². The summed E-state index contributed by atoms with van der Waals surface area (Å²) >= 11 is 0. The van der Waals surface area contributed by atoms with E-state index in [2.05, 4.69) is 9.80 Å². The van der Waals surface area contributed by atoms with Crippen LogP contribution in [0, 0.1) is 11.8 Å². The molecule has 3 aliphatic rings. The first-order valence-corrected chi connectivity index (χ1v) is 5.53. The fourth-order valence-corrected chi connectivity index (χ4v) is 2.87. The molecule has 0 aromatic rings. The second-order valence-corrected chi connectivity index (χ2v) is 4.91. The Bertz CT molecular complexity index is 190. The zero-order valence-corrected chi connectivity index (χ0v) is 8.15. The highest BCUT2D eigenvalue weighted by Crippen LogP contribution is 2.46. The molecule has 2 N–H and O–H groups in total. The standard InChI is InChI=1S/C10H19N3/c11-1-2-12-6-10(7-12)13-4-8-3-9(8)5-13/h8-10H,1-7,11H2. The molecule has 2 heterocycles. The number of rotatable bonds is 3. The van der Waals surface area contributed by atoms with Gasteiger partial charge in [0.2, 0.25) is 0 Å². The quantitative estimate of drug-likeness (QED) is 0.642. The van der Waals surface area contributed by atoms with Gasteiger partial charge in [-0.25, -0.2) is 0 Å². The molecular formula is C10H19N3. The van der Waals surface area contributed by atoms with E-state index in [1.54, 1.807) is 0 Å². The lowest BCUT2D eigenvalue weighted by Crippen LogP contribution is -2.59. The maximum Gasteiger partial charge on any atom is 0.0350 e. The van der Waals surface area contributed by atoms with E-state index in [1.165, 1.54) is 32.6 Å². The predicted octanol–water partition coefficient (Wildman–Crippen LogP) is -0.419. The number of nitrogens with zero attached hydrogens (tertiary/aromatic N) is 2. The van der Waals surface area contributed by atoms with Gasteiger partial charge in [-0.15, -0.1) is 0 Å². The summed E-state index contributed by atoms with van der Waals surface area (Å²) in [5, 5.41) is 0. The van der Waals surface area contributed by atoms with Gasteiger partial charge in [-0.1, -0.05) is 0 Å². The van der Waals surface area contributed by atoms with Gasteiger partial charge in [0.1, 0.15) is 0 Å². The molecule has 0 aromatic heterocycles. The molecule has 0 radical (unpaired) electrons. The normalized spacial score (nSPS) is 40.4. The van der Waals surface area contributed by atoms with Crippen LogP contribution < -0.4 is 5.73 Å². The Morgan fingerprint density at radius 1 is 1.08 bits per heavy atom. The number of hydrogen-bond acceptors (Lipinski definition) is 3. The van der Waals surface area contributed by atoms with Crippen LogP contribution in [-0.4, -0.2) is 55.1 Å². The van der Waals surface area contributed by atoms with E-state index in [4.69, 9.17) is 5.73 Å². The smallest absolute Gasteiger partial charge is 0.0350 e. The molecule has 3 nitrogen and oxygen atoms in total. The van der Waals surface area contributed by atoms with Gasteiger partial charge in [-0.05, 0) is 18.3 Å². The van der Waals surface area contributed by atoms with E-state index < -0.39 is 0 Å². The third-order valence-corrected chi connectivity index (χ3v) is 3.91. The van der Waals surface area contributed by atoms with E-state index in [0.717, 1.165) is 31.0 Å². The third-order valence-electron chi connectivity index (χ3n) is 3.91. The lowest BCUT2D eigenvalue weighted by atomic mass is 10.1. The van der Waals surface area contributed by atoms with Crippen LogP contribution in [0.4, 0.5) is 0 Å². The molecule has 3 heteroatoms. The van der Waals surface area contributed by atoms with Crippen LogP contribution in [0.1, 0.15) is 6.42 Å². The lowest BCUT2D eigenvalue weighted by molar-refractivity contribution is 0.0438. The molecule has 1 aliphatic carbocycles. The van der Waals surface area contributed by atoms with E-state index in [1.807, 2.05) is 0 Å². The van der Waals surface area contributed by atoms with Crippen LogP contribution >= 0.6 is 0 Å². The van der Waals surface area contributed by atoms with E-state index in [-0.39, 0.29) is 0 Å². The van der Waals surface area contributed by atoms with E-state index in [9.17, 15) is 0 Å². The van der Waals surface area contributed by atoms with Crippen LogP contribution in [0.15, 0.2) is 0 Å². The fourth-order valence-electron chi connectivity index (χ4n) is 2.87. The van der Waals surface area contributed by atoms with Gasteiger partial charge >= 0.3 is 0 Å². The van der Waals surface area contributed by atoms with Crippen LogP contribution in [0.3, 0.4) is 0 Å². The minimum Gasteiger partial charge on any atom is -0.329 e. The topological polar surface area (TPSA) is 32.5 Å². The minimum atomic E-state index is 0.817. The number of likely N-dealkylation sites (tertiary alicyclic amines) is 2. The molecule has 3 rings (SSSR count). The van der Waals surface area contributed by atoms with Crippen molar-refractivity contribution >= 4 is 0 Å². The summed E-state index contributed by atoms with van der Waals surface area (Å²) in [5.41, 5.74) is 5.51. The number of piperidine rings is 1. The zero-order chi connectivity index (χ0) is 8.84. The van der Waals surface area contributed by atoms with E-state index >= 15 is 0 Å². The first-order valence-electron chi connectivity index (χ1n) is 5.53. The molecule has 0 aromatic carbocycles. The molecular weight excluding hydrogens is 162 g/mol. The molecule has 2 aliphatic heterocycles. The summed E-state index contributed by atoms with van der Waals surface area (Å²) < 4.78 is 0. The Morgan fingerprint density at radius 2 is 1.77 bits per heavy atom. The molecule has 0 amide bonds. The van der Waals surface area contributed by atoms with Gasteiger partial charge < -0.3 is 5.73 Å². The first kappa shape index (κ1) is 8.21. The van der Waals surface area contributed by atoms with Crippen LogP contribution in [0.2, 0.25) is 0 Å². The Morgan fingerprint density at radius 3 is 2.38 bits per heavy atom. The van der Waals surface area contributed by atoms with Crippen LogP contribution in [0.25, 0.3) is 0 Å². The van der Waals surface area contributed by atoms with Crippen LogP contribution in [-0.2, 0) is 0 Å². The van der Waals surface area contributed by atoms with Gasteiger partial charge in [0, 0.05) is 45.3 Å². The molecule has 0 bridgehead atoms. The fraction of sp³-hybridized carbons (Fsp3) is 1.00. The molecule has 3 fully saturated rings. The third kappa shape index (κ3) is 1.39. The Kier molecular flexibility index (Phi) is 1.86. The second kappa shape index (κ2) is 2.94. The minimum absolute atomic E-state index is 0.817. The monoisotopic (exact) mass is 181 g/mol. The molecule has 74 valence electrons. The summed E-state index contributed by atoms with van der Waals surface area (Å²) in [4.78, 5) is 5.17. The van der Waals surface area contributed by atoms with Crippen molar-refractivity contribution in [3.05, 3.63) is 0 Å². The lowest BCUT2D eigenvalue weighted by Gasteiger charge is -2.44. The maximum atomic E-state index is 5.51. The molecule has 13 heavy (non-hydrogen) atoms. The molecule has 2 unspecified atom stereocenters. The summed E-state index contributed by atoms with van der Waals surface area (Å²) in [6.07, 6.45) is 1.52. The SMILES string of the molecule is NCCN1CC(N2CC3CC3C2)C1. The van der Waals surface area contributed by atoms with Gasteiger partial charge in [-0.3, -0.25) is 9.80 Å². The first-order chi connectivity index (χ1) is 6.36. The molecule has 0 spiro atoms. The van der Waals surface area contributed by atoms with Crippen molar-refractivity contribution in [2.24, 2.45) is 17.6 Å². The second-order valence-electron chi connectivity index (χ2n) is 4.91. The summed E-state index contributed by atoms with van der Waals surface area (Å²) in [6, 6.07) is 0.874. The molecule has 1 saturated carbocycles. The molecule has 2 atom stereocenters. The highest BCUT2D eigenvalue weighted by Gasteiger charge is 2.48. The van der Waals surface area contributed by atoms with Crippen molar-refractivity contribution in [2.45, 2.75) is 12.5 Å². The van der Waals surface area contributed by atoms with Gasteiger partial charge in [0.15, 0.2) is 0 Å². The Labute approximate surface area is 79.9 Å². The Balaban J connectivity index is 1.44. The summed E-state index contributed by atoms with van der Waals surface area (Å²) in [6.45, 7) is 7.25. The highest BCUT2D eigenvalue weighted by molar-refractivity contribution is 5.01. The average molecular weight is 181 g/mol. The van der Waals surface area contributed by atoms with Crippen molar-refractivity contribution in [2.75, 3.05) is 39.3 Å². The molecule has 2 saturated heterocycles. The van der Waals surface area contributed by atoms with E-state index in [0.29, 0.717) is 0 Å². The predicted molar refractivity (Wildman–Crippen MR) is 52.5 cm³/mol. The van der Waals surface area contributed by atoms with Gasteiger partial charge in [-0.2, -0.15) is 0 Å². The van der Waals surface area contributed by atoms with Crippen LogP contribution in [0.5, 0.6) is 0 Å². The van der Waals surface area contributed by atoms with Crippen molar-refractivity contribution in [3.8, 4) is 0 Å². The van der Waals surface area contributed by atoms with Gasteiger partial charge in [0.05, 0.1) is 0 Å². The zero-order valence-electron chi connectivity index (χ0n) is 8.15. The summed E-state index contributed by atoms with van der Waals surface area (Å²) in [7, 11) is 0. The van der Waals surface area contributed by atoms with Crippen molar-refractivity contribution < 1.29 is 0 Å².